The summed E-state index contributed by atoms with van der Waals surface area (Å²) in [5.41, 5.74) is 1.61. The number of carbonyl (C=O) groups is 2. The Morgan fingerprint density at radius 3 is 2.47 bits per heavy atom. The maximum Gasteiger partial charge on any atom is 0.309 e. The largest absolute Gasteiger partial charge is 0.454 e. The number of hydrogen-bond donors (Lipinski definition) is 3. The number of fused-ring (bicyclic) bond motifs is 1. The first kappa shape index (κ1) is 19.9. The van der Waals surface area contributed by atoms with Crippen LogP contribution in [-0.4, -0.2) is 23.7 Å². The van der Waals surface area contributed by atoms with Gasteiger partial charge in [0.25, 0.3) is 0 Å². The van der Waals surface area contributed by atoms with Crippen LogP contribution in [0.15, 0.2) is 60.7 Å². The zero-order valence-electron chi connectivity index (χ0n) is 16.0. The molecule has 3 N–H and O–H groups in total. The Labute approximate surface area is 177 Å². The fourth-order valence-corrected chi connectivity index (χ4v) is 3.96. The number of aliphatic hydroxyl groups excluding tert-OH is 1. The Bertz CT molecular complexity index is 1050. The van der Waals surface area contributed by atoms with E-state index in [9.17, 15) is 14.7 Å². The van der Waals surface area contributed by atoms with Crippen molar-refractivity contribution in [2.24, 2.45) is 0 Å². The van der Waals surface area contributed by atoms with E-state index in [0.29, 0.717) is 11.5 Å². The molecule has 1 aliphatic rings. The SMILES string of the molecule is O=C(NCc1ccc2c(c1)OCO2)C(=O)NCc1ccc(C(O)c2ccccc2)s1. The highest BCUT2D eigenvalue weighted by atomic mass is 32.1. The molecular formula is C22H20N2O5S. The summed E-state index contributed by atoms with van der Waals surface area (Å²) >= 11 is 1.39. The zero-order chi connectivity index (χ0) is 20.9. The van der Waals surface area contributed by atoms with Crippen LogP contribution >= 0.6 is 11.3 Å². The maximum absolute atomic E-state index is 12.1. The van der Waals surface area contributed by atoms with Crippen LogP contribution in [0, 0.1) is 0 Å². The number of hydrogen-bond acceptors (Lipinski definition) is 6. The molecule has 8 heteroatoms. The van der Waals surface area contributed by atoms with E-state index in [4.69, 9.17) is 9.47 Å². The van der Waals surface area contributed by atoms with E-state index < -0.39 is 17.9 Å². The van der Waals surface area contributed by atoms with Gasteiger partial charge in [-0.05, 0) is 35.4 Å². The molecule has 0 fully saturated rings. The predicted molar refractivity (Wildman–Crippen MR) is 111 cm³/mol. The summed E-state index contributed by atoms with van der Waals surface area (Å²) in [6.45, 7) is 0.595. The summed E-state index contributed by atoms with van der Waals surface area (Å²) in [4.78, 5) is 25.7. The number of nitrogens with one attached hydrogen (secondary N) is 2. The van der Waals surface area contributed by atoms with Crippen LogP contribution in [-0.2, 0) is 22.7 Å². The van der Waals surface area contributed by atoms with Gasteiger partial charge in [0, 0.05) is 16.3 Å². The molecule has 4 rings (SSSR count). The van der Waals surface area contributed by atoms with Gasteiger partial charge in [0.15, 0.2) is 11.5 Å². The molecule has 2 amide bonds. The fourth-order valence-electron chi connectivity index (χ4n) is 3.00. The van der Waals surface area contributed by atoms with Gasteiger partial charge in [0.05, 0.1) is 6.54 Å². The van der Waals surface area contributed by atoms with Gasteiger partial charge in [0.1, 0.15) is 6.10 Å². The van der Waals surface area contributed by atoms with E-state index in [1.54, 1.807) is 18.2 Å². The Hall–Kier alpha value is -3.36. The minimum absolute atomic E-state index is 0.181. The zero-order valence-corrected chi connectivity index (χ0v) is 16.8. The standard InChI is InChI=1S/C22H20N2O5S/c25-20(15-4-2-1-3-5-15)19-9-7-16(30-19)12-24-22(27)21(26)23-11-14-6-8-17-18(10-14)29-13-28-17/h1-10,20,25H,11-13H2,(H,23,26)(H,24,27). The highest BCUT2D eigenvalue weighted by Crippen LogP contribution is 2.32. The van der Waals surface area contributed by atoms with Crippen molar-refractivity contribution in [3.63, 3.8) is 0 Å². The lowest BCUT2D eigenvalue weighted by Gasteiger charge is -2.08. The lowest BCUT2D eigenvalue weighted by molar-refractivity contribution is -0.139. The highest BCUT2D eigenvalue weighted by molar-refractivity contribution is 7.12. The number of ether oxygens (including phenoxy) is 2. The molecule has 30 heavy (non-hydrogen) atoms. The number of aliphatic hydroxyl groups is 1. The van der Waals surface area contributed by atoms with Crippen molar-refractivity contribution in [2.75, 3.05) is 6.79 Å². The van der Waals surface area contributed by atoms with Crippen LogP contribution in [0.3, 0.4) is 0 Å². The first-order valence-electron chi connectivity index (χ1n) is 9.36. The molecule has 154 valence electrons. The molecule has 1 atom stereocenters. The molecule has 0 spiro atoms. The third-order valence-electron chi connectivity index (χ3n) is 4.59. The third kappa shape index (κ3) is 4.61. The van der Waals surface area contributed by atoms with Crippen LogP contribution in [0.5, 0.6) is 11.5 Å². The molecule has 1 unspecified atom stereocenters. The second kappa shape index (κ2) is 8.98. The van der Waals surface area contributed by atoms with Crippen LogP contribution < -0.4 is 20.1 Å². The van der Waals surface area contributed by atoms with Crippen LogP contribution in [0.4, 0.5) is 0 Å². The first-order valence-corrected chi connectivity index (χ1v) is 10.2. The lowest BCUT2D eigenvalue weighted by Crippen LogP contribution is -2.39. The van der Waals surface area contributed by atoms with Gasteiger partial charge in [-0.3, -0.25) is 9.59 Å². The molecule has 2 heterocycles. The third-order valence-corrected chi connectivity index (χ3v) is 5.72. The van der Waals surface area contributed by atoms with Crippen LogP contribution in [0.25, 0.3) is 0 Å². The summed E-state index contributed by atoms with van der Waals surface area (Å²) < 4.78 is 10.5. The van der Waals surface area contributed by atoms with E-state index in [-0.39, 0.29) is 19.9 Å². The van der Waals surface area contributed by atoms with Gasteiger partial charge in [-0.25, -0.2) is 0 Å². The molecule has 1 aromatic heterocycles. The van der Waals surface area contributed by atoms with Gasteiger partial charge >= 0.3 is 11.8 Å². The number of thiophene rings is 1. The summed E-state index contributed by atoms with van der Waals surface area (Å²) in [6, 6.07) is 18.3. The maximum atomic E-state index is 12.1. The summed E-state index contributed by atoms with van der Waals surface area (Å²) in [5.74, 6) is -0.143. The van der Waals surface area contributed by atoms with E-state index in [1.165, 1.54) is 11.3 Å². The smallest absolute Gasteiger partial charge is 0.309 e. The monoisotopic (exact) mass is 424 g/mol. The van der Waals surface area contributed by atoms with Crippen LogP contribution in [0.1, 0.15) is 27.0 Å². The molecule has 0 saturated heterocycles. The highest BCUT2D eigenvalue weighted by Gasteiger charge is 2.17. The second-order valence-corrected chi connectivity index (χ2v) is 7.87. The van der Waals surface area contributed by atoms with Crippen molar-refractivity contribution < 1.29 is 24.2 Å². The van der Waals surface area contributed by atoms with Gasteiger partial charge in [-0.1, -0.05) is 36.4 Å². The van der Waals surface area contributed by atoms with Gasteiger partial charge in [-0.15, -0.1) is 11.3 Å². The number of benzene rings is 2. The van der Waals surface area contributed by atoms with E-state index >= 15 is 0 Å². The molecule has 0 aliphatic carbocycles. The van der Waals surface area contributed by atoms with E-state index in [1.807, 2.05) is 42.5 Å². The molecule has 7 nitrogen and oxygen atoms in total. The topological polar surface area (TPSA) is 96.9 Å². The number of amides is 2. The summed E-state index contributed by atoms with van der Waals surface area (Å²) in [7, 11) is 0. The minimum Gasteiger partial charge on any atom is -0.454 e. The average Bonchev–Trinajstić information content (AvgIpc) is 3.45. The fraction of sp³-hybridized carbons (Fsp3) is 0.182. The van der Waals surface area contributed by atoms with Crippen molar-refractivity contribution >= 4 is 23.2 Å². The Morgan fingerprint density at radius 2 is 1.67 bits per heavy atom. The Kier molecular flexibility index (Phi) is 5.97. The van der Waals surface area contributed by atoms with Crippen LogP contribution in [0.2, 0.25) is 0 Å². The van der Waals surface area contributed by atoms with Crippen molar-refractivity contribution in [3.8, 4) is 11.5 Å². The molecule has 0 radical (unpaired) electrons. The van der Waals surface area contributed by atoms with Crippen molar-refractivity contribution in [1.29, 1.82) is 0 Å². The lowest BCUT2D eigenvalue weighted by atomic mass is 10.1. The quantitative estimate of drug-likeness (QED) is 0.529. The Balaban J connectivity index is 1.26. The van der Waals surface area contributed by atoms with Gasteiger partial charge in [-0.2, -0.15) is 0 Å². The summed E-state index contributed by atoms with van der Waals surface area (Å²) in [5, 5.41) is 15.6. The molecule has 1 aliphatic heterocycles. The molecule has 0 saturated carbocycles. The Morgan fingerprint density at radius 1 is 0.933 bits per heavy atom. The van der Waals surface area contributed by atoms with Crippen molar-refractivity contribution in [2.45, 2.75) is 19.2 Å². The van der Waals surface area contributed by atoms with E-state index in [0.717, 1.165) is 20.9 Å². The van der Waals surface area contributed by atoms with Gasteiger partial charge in [0.2, 0.25) is 6.79 Å². The summed E-state index contributed by atoms with van der Waals surface area (Å²) in [6.07, 6.45) is -0.717. The van der Waals surface area contributed by atoms with Crippen molar-refractivity contribution in [3.05, 3.63) is 81.5 Å². The predicted octanol–water partition coefficient (Wildman–Crippen LogP) is 2.49. The van der Waals surface area contributed by atoms with Gasteiger partial charge < -0.3 is 25.2 Å². The number of rotatable bonds is 6. The molecule has 0 bridgehead atoms. The molecule has 3 aromatic rings. The first-order chi connectivity index (χ1) is 14.6. The molecule has 2 aromatic carbocycles. The average molecular weight is 424 g/mol. The normalized spacial score (nSPS) is 13.0. The van der Waals surface area contributed by atoms with E-state index in [2.05, 4.69) is 10.6 Å². The minimum atomic E-state index is -0.717. The number of carbonyl (C=O) groups excluding carboxylic acids is 2. The van der Waals surface area contributed by atoms with Crippen molar-refractivity contribution in [1.82, 2.24) is 10.6 Å². The molecular weight excluding hydrogens is 404 g/mol. The second-order valence-electron chi connectivity index (χ2n) is 6.67.